The molecule has 6 nitrogen and oxygen atoms in total. The van der Waals surface area contributed by atoms with Crippen molar-refractivity contribution in [1.82, 2.24) is 14.9 Å². The van der Waals surface area contributed by atoms with Crippen LogP contribution in [-0.4, -0.2) is 57.0 Å². The zero-order chi connectivity index (χ0) is 17.8. The molecule has 0 saturated carbocycles. The zero-order valence-electron chi connectivity index (χ0n) is 15.1. The van der Waals surface area contributed by atoms with Crippen LogP contribution in [0.25, 0.3) is 0 Å². The summed E-state index contributed by atoms with van der Waals surface area (Å²) in [5.41, 5.74) is 0.901. The standard InChI is InChI=1S/C16H26N4O2S2.HI/c1-16(2)12-20(8-9-23-16)15(17-3)19-11-13-6-5-7-14(10-13)24(21,22)18-4;/h5-7,10,18H,8-9,11-12H2,1-4H3,(H,17,19);1H. The van der Waals surface area contributed by atoms with Crippen LogP contribution in [0.4, 0.5) is 0 Å². The highest BCUT2D eigenvalue weighted by Gasteiger charge is 2.28. The summed E-state index contributed by atoms with van der Waals surface area (Å²) in [4.78, 5) is 6.90. The van der Waals surface area contributed by atoms with E-state index in [2.05, 4.69) is 33.8 Å². The Morgan fingerprint density at radius 3 is 2.72 bits per heavy atom. The van der Waals surface area contributed by atoms with Crippen LogP contribution in [0.1, 0.15) is 19.4 Å². The van der Waals surface area contributed by atoms with Gasteiger partial charge in [0.25, 0.3) is 0 Å². The van der Waals surface area contributed by atoms with Gasteiger partial charge in [-0.2, -0.15) is 11.8 Å². The van der Waals surface area contributed by atoms with E-state index < -0.39 is 10.0 Å². The molecular formula is C16H27IN4O2S2. The normalized spacial score (nSPS) is 17.8. The van der Waals surface area contributed by atoms with Gasteiger partial charge >= 0.3 is 0 Å². The van der Waals surface area contributed by atoms with Gasteiger partial charge in [0.15, 0.2) is 5.96 Å². The molecule has 0 aliphatic carbocycles. The summed E-state index contributed by atoms with van der Waals surface area (Å²) >= 11 is 1.98. The predicted molar refractivity (Wildman–Crippen MR) is 116 cm³/mol. The molecular weight excluding hydrogens is 471 g/mol. The number of nitrogens with zero attached hydrogens (tertiary/aromatic N) is 2. The summed E-state index contributed by atoms with van der Waals surface area (Å²) in [5, 5.41) is 3.34. The summed E-state index contributed by atoms with van der Waals surface area (Å²) in [5.74, 6) is 1.93. The molecule has 0 atom stereocenters. The molecule has 1 heterocycles. The van der Waals surface area contributed by atoms with Crippen molar-refractivity contribution in [2.45, 2.75) is 30.0 Å². The van der Waals surface area contributed by atoms with E-state index in [4.69, 9.17) is 0 Å². The minimum absolute atomic E-state index is 0. The monoisotopic (exact) mass is 498 g/mol. The second kappa shape index (κ2) is 9.43. The summed E-state index contributed by atoms with van der Waals surface area (Å²) in [6.07, 6.45) is 0. The molecule has 142 valence electrons. The number of nitrogens with one attached hydrogen (secondary N) is 2. The lowest BCUT2D eigenvalue weighted by Gasteiger charge is -2.39. The minimum Gasteiger partial charge on any atom is -0.352 e. The smallest absolute Gasteiger partial charge is 0.240 e. The third-order valence-corrected chi connectivity index (χ3v) is 6.57. The summed E-state index contributed by atoms with van der Waals surface area (Å²) in [7, 11) is -0.230. The molecule has 2 N–H and O–H groups in total. The molecule has 1 fully saturated rings. The van der Waals surface area contributed by atoms with Crippen molar-refractivity contribution in [3.63, 3.8) is 0 Å². The van der Waals surface area contributed by atoms with Gasteiger partial charge in [-0.15, -0.1) is 24.0 Å². The van der Waals surface area contributed by atoms with Crippen molar-refractivity contribution in [2.75, 3.05) is 32.9 Å². The minimum atomic E-state index is -3.42. The largest absolute Gasteiger partial charge is 0.352 e. The fraction of sp³-hybridized carbons (Fsp3) is 0.562. The molecule has 0 bridgehead atoms. The number of hydrogen-bond acceptors (Lipinski definition) is 4. The van der Waals surface area contributed by atoms with Gasteiger partial charge in [0.05, 0.1) is 4.90 Å². The molecule has 9 heteroatoms. The van der Waals surface area contributed by atoms with E-state index in [1.165, 1.54) is 7.05 Å². The molecule has 1 aliphatic rings. The van der Waals surface area contributed by atoms with Crippen molar-refractivity contribution in [3.8, 4) is 0 Å². The van der Waals surface area contributed by atoms with E-state index in [1.807, 2.05) is 17.8 Å². The van der Waals surface area contributed by atoms with Gasteiger partial charge in [-0.25, -0.2) is 13.1 Å². The molecule has 0 amide bonds. The predicted octanol–water partition coefficient (Wildman–Crippen LogP) is 2.12. The Morgan fingerprint density at radius 2 is 2.12 bits per heavy atom. The number of halogens is 1. The van der Waals surface area contributed by atoms with Gasteiger partial charge in [0.2, 0.25) is 10.0 Å². The van der Waals surface area contributed by atoms with Crippen LogP contribution in [0.3, 0.4) is 0 Å². The number of benzene rings is 1. The third kappa shape index (κ3) is 6.30. The van der Waals surface area contributed by atoms with Gasteiger partial charge in [-0.3, -0.25) is 4.99 Å². The second-order valence-corrected chi connectivity index (χ2v) is 9.97. The Balaban J connectivity index is 0.00000312. The SMILES string of the molecule is CN=C(NCc1cccc(S(=O)(=O)NC)c1)N1CCSC(C)(C)C1.I. The highest BCUT2D eigenvalue weighted by Crippen LogP contribution is 2.29. The zero-order valence-corrected chi connectivity index (χ0v) is 19.0. The number of sulfonamides is 1. The maximum atomic E-state index is 11.9. The van der Waals surface area contributed by atoms with Crippen LogP contribution in [0, 0.1) is 0 Å². The first-order valence-corrected chi connectivity index (χ1v) is 10.4. The lowest BCUT2D eigenvalue weighted by atomic mass is 10.2. The van der Waals surface area contributed by atoms with Crippen LogP contribution in [0.2, 0.25) is 0 Å². The fourth-order valence-corrected chi connectivity index (χ4v) is 4.56. The van der Waals surface area contributed by atoms with E-state index in [-0.39, 0.29) is 33.6 Å². The van der Waals surface area contributed by atoms with E-state index in [0.717, 1.165) is 30.4 Å². The summed E-state index contributed by atoms with van der Waals surface area (Å²) in [6, 6.07) is 6.94. The molecule has 0 radical (unpaired) electrons. The lowest BCUT2D eigenvalue weighted by Crippen LogP contribution is -2.50. The number of thioether (sulfide) groups is 1. The van der Waals surface area contributed by atoms with Gasteiger partial charge in [0.1, 0.15) is 0 Å². The molecule has 0 spiro atoms. The summed E-state index contributed by atoms with van der Waals surface area (Å²) < 4.78 is 26.3. The maximum absolute atomic E-state index is 11.9. The van der Waals surface area contributed by atoms with E-state index in [1.54, 1.807) is 25.2 Å². The molecule has 1 saturated heterocycles. The molecule has 0 aromatic heterocycles. The maximum Gasteiger partial charge on any atom is 0.240 e. The van der Waals surface area contributed by atoms with Crippen molar-refractivity contribution < 1.29 is 8.42 Å². The average molecular weight is 498 g/mol. The first-order valence-electron chi connectivity index (χ1n) is 7.89. The first-order chi connectivity index (χ1) is 11.3. The third-order valence-electron chi connectivity index (χ3n) is 3.87. The van der Waals surface area contributed by atoms with Crippen LogP contribution in [-0.2, 0) is 16.6 Å². The Kier molecular flexibility index (Phi) is 8.49. The Hall–Kier alpha value is -0.520. The summed E-state index contributed by atoms with van der Waals surface area (Å²) in [6.45, 7) is 6.91. The number of aliphatic imine (C=N–C) groups is 1. The quantitative estimate of drug-likeness (QED) is 0.378. The van der Waals surface area contributed by atoms with Crippen LogP contribution < -0.4 is 10.0 Å². The van der Waals surface area contributed by atoms with E-state index in [0.29, 0.717) is 6.54 Å². The van der Waals surface area contributed by atoms with Crippen LogP contribution in [0.15, 0.2) is 34.2 Å². The van der Waals surface area contributed by atoms with Gasteiger partial charge in [0, 0.05) is 37.2 Å². The molecule has 0 unspecified atom stereocenters. The average Bonchev–Trinajstić information content (AvgIpc) is 2.55. The second-order valence-electron chi connectivity index (χ2n) is 6.29. The fourth-order valence-electron chi connectivity index (χ4n) is 2.65. The van der Waals surface area contributed by atoms with Crippen LogP contribution in [0.5, 0.6) is 0 Å². The first kappa shape index (κ1) is 22.5. The number of guanidine groups is 1. The van der Waals surface area contributed by atoms with Gasteiger partial charge < -0.3 is 10.2 Å². The van der Waals surface area contributed by atoms with Gasteiger partial charge in [-0.1, -0.05) is 12.1 Å². The molecule has 2 rings (SSSR count). The molecule has 1 aromatic carbocycles. The van der Waals surface area contributed by atoms with E-state index >= 15 is 0 Å². The highest BCUT2D eigenvalue weighted by atomic mass is 127. The molecule has 1 aromatic rings. The molecule has 1 aliphatic heterocycles. The Morgan fingerprint density at radius 1 is 1.40 bits per heavy atom. The van der Waals surface area contributed by atoms with Gasteiger partial charge in [-0.05, 0) is 38.6 Å². The van der Waals surface area contributed by atoms with Crippen molar-refractivity contribution in [1.29, 1.82) is 0 Å². The Labute approximate surface area is 172 Å². The van der Waals surface area contributed by atoms with Crippen molar-refractivity contribution in [3.05, 3.63) is 29.8 Å². The highest BCUT2D eigenvalue weighted by molar-refractivity contribution is 14.0. The Bertz CT molecular complexity index is 708. The number of rotatable bonds is 4. The van der Waals surface area contributed by atoms with Crippen LogP contribution >= 0.6 is 35.7 Å². The topological polar surface area (TPSA) is 73.8 Å². The molecule has 25 heavy (non-hydrogen) atoms. The van der Waals surface area contributed by atoms with Crippen molar-refractivity contribution in [2.24, 2.45) is 4.99 Å². The van der Waals surface area contributed by atoms with Crippen molar-refractivity contribution >= 4 is 51.7 Å². The lowest BCUT2D eigenvalue weighted by molar-refractivity contribution is 0.375. The number of hydrogen-bond donors (Lipinski definition) is 2. The van der Waals surface area contributed by atoms with E-state index in [9.17, 15) is 8.42 Å².